The Morgan fingerprint density at radius 1 is 1.35 bits per heavy atom. The van der Waals surface area contributed by atoms with E-state index >= 15 is 0 Å². The number of amides is 1. The summed E-state index contributed by atoms with van der Waals surface area (Å²) in [6, 6.07) is 1.75. The van der Waals surface area contributed by atoms with Gasteiger partial charge in [-0.1, -0.05) is 23.2 Å². The lowest BCUT2D eigenvalue weighted by atomic mass is 10.2. The Balaban J connectivity index is 2.22. The molecule has 20 heavy (non-hydrogen) atoms. The largest absolute Gasteiger partial charge is 0.373 e. The molecule has 0 atom stereocenters. The van der Waals surface area contributed by atoms with Gasteiger partial charge in [-0.2, -0.15) is 8.75 Å². The van der Waals surface area contributed by atoms with Crippen LogP contribution in [-0.2, 0) is 4.79 Å². The van der Waals surface area contributed by atoms with Crippen LogP contribution in [0.4, 0.5) is 5.69 Å². The number of aromatic nitrogens is 2. The highest BCUT2D eigenvalue weighted by Crippen LogP contribution is 2.35. The Kier molecular flexibility index (Phi) is 4.67. The van der Waals surface area contributed by atoms with E-state index in [0.29, 0.717) is 26.8 Å². The molecule has 2 rings (SSSR count). The quantitative estimate of drug-likeness (QED) is 0.933. The molecule has 1 heterocycles. The van der Waals surface area contributed by atoms with E-state index in [4.69, 9.17) is 23.2 Å². The van der Waals surface area contributed by atoms with Crippen LogP contribution in [0.5, 0.6) is 0 Å². The normalized spacial score (nSPS) is 11.1. The molecule has 1 amide bonds. The van der Waals surface area contributed by atoms with E-state index in [1.54, 1.807) is 18.0 Å². The van der Waals surface area contributed by atoms with Crippen molar-refractivity contribution in [3.63, 3.8) is 0 Å². The smallest absolute Gasteiger partial charge is 0.241 e. The van der Waals surface area contributed by atoms with Crippen LogP contribution in [0.25, 0.3) is 11.0 Å². The molecule has 0 fully saturated rings. The van der Waals surface area contributed by atoms with E-state index < -0.39 is 0 Å². The van der Waals surface area contributed by atoms with Crippen LogP contribution in [0, 0.1) is 0 Å². The maximum atomic E-state index is 12.0. The third kappa shape index (κ3) is 2.97. The molecular formula is C12H14Cl2N4OS. The first-order chi connectivity index (χ1) is 9.41. The van der Waals surface area contributed by atoms with Crippen molar-refractivity contribution in [2.45, 2.75) is 19.9 Å². The Labute approximate surface area is 131 Å². The van der Waals surface area contributed by atoms with Crippen LogP contribution < -0.4 is 5.32 Å². The molecule has 0 radical (unpaired) electrons. The van der Waals surface area contributed by atoms with Crippen LogP contribution in [0.15, 0.2) is 6.07 Å². The predicted octanol–water partition coefficient (Wildman–Crippen LogP) is 3.28. The van der Waals surface area contributed by atoms with Crippen molar-refractivity contribution in [2.24, 2.45) is 0 Å². The van der Waals surface area contributed by atoms with Crippen molar-refractivity contribution in [2.75, 3.05) is 18.9 Å². The molecule has 0 aliphatic carbocycles. The van der Waals surface area contributed by atoms with Gasteiger partial charge < -0.3 is 10.2 Å². The summed E-state index contributed by atoms with van der Waals surface area (Å²) < 4.78 is 8.29. The summed E-state index contributed by atoms with van der Waals surface area (Å²) in [5, 5.41) is 3.91. The zero-order chi connectivity index (χ0) is 14.9. The second kappa shape index (κ2) is 6.11. The Bertz CT molecular complexity index is 644. The van der Waals surface area contributed by atoms with Gasteiger partial charge in [-0.25, -0.2) is 0 Å². The molecule has 1 aromatic heterocycles. The zero-order valence-electron chi connectivity index (χ0n) is 11.3. The Morgan fingerprint density at radius 2 is 2.00 bits per heavy atom. The molecule has 8 heteroatoms. The summed E-state index contributed by atoms with van der Waals surface area (Å²) in [6.45, 7) is 4.05. The minimum atomic E-state index is -0.0256. The van der Waals surface area contributed by atoms with Gasteiger partial charge in [0.25, 0.3) is 0 Å². The summed E-state index contributed by atoms with van der Waals surface area (Å²) in [6.07, 6.45) is 0. The highest BCUT2D eigenvalue weighted by Gasteiger charge is 2.16. The zero-order valence-corrected chi connectivity index (χ0v) is 13.6. The number of hydrogen-bond donors (Lipinski definition) is 1. The number of carbonyl (C=O) groups excluding carboxylic acids is 1. The fraction of sp³-hybridized carbons (Fsp3) is 0.417. The molecule has 108 valence electrons. The van der Waals surface area contributed by atoms with Crippen LogP contribution in [0.1, 0.15) is 13.8 Å². The minimum absolute atomic E-state index is 0.0256. The van der Waals surface area contributed by atoms with E-state index in [0.717, 1.165) is 11.7 Å². The first kappa shape index (κ1) is 15.3. The molecular weight excluding hydrogens is 319 g/mol. The van der Waals surface area contributed by atoms with Crippen molar-refractivity contribution >= 4 is 57.6 Å². The highest BCUT2D eigenvalue weighted by atomic mass is 35.5. The van der Waals surface area contributed by atoms with Crippen LogP contribution in [0.2, 0.25) is 10.0 Å². The second-order valence-corrected chi connectivity index (χ2v) is 5.97. The number of halogens is 2. The lowest BCUT2D eigenvalue weighted by Gasteiger charge is -2.22. The molecule has 0 saturated heterocycles. The number of carbonyl (C=O) groups is 1. The SMILES string of the molecule is CC(C)N(C)C(=O)CNc1c(Cl)cc(Cl)c2nsnc12. The van der Waals surface area contributed by atoms with Gasteiger partial charge in [0, 0.05) is 13.1 Å². The van der Waals surface area contributed by atoms with Crippen molar-refractivity contribution in [3.8, 4) is 0 Å². The third-order valence-corrected chi connectivity index (χ3v) is 4.14. The number of rotatable bonds is 4. The summed E-state index contributed by atoms with van der Waals surface area (Å²) in [5.74, 6) is -0.0256. The molecule has 2 aromatic rings. The molecule has 5 nitrogen and oxygen atoms in total. The topological polar surface area (TPSA) is 58.1 Å². The van der Waals surface area contributed by atoms with Crippen molar-refractivity contribution in [3.05, 3.63) is 16.1 Å². The van der Waals surface area contributed by atoms with Gasteiger partial charge in [-0.05, 0) is 19.9 Å². The summed E-state index contributed by atoms with van der Waals surface area (Å²) >= 11 is 13.3. The molecule has 0 saturated carbocycles. The maximum absolute atomic E-state index is 12.0. The van der Waals surface area contributed by atoms with E-state index in [1.165, 1.54) is 0 Å². The molecule has 0 bridgehead atoms. The number of hydrogen-bond acceptors (Lipinski definition) is 5. The van der Waals surface area contributed by atoms with Crippen molar-refractivity contribution in [1.82, 2.24) is 13.6 Å². The average molecular weight is 333 g/mol. The van der Waals surface area contributed by atoms with Crippen molar-refractivity contribution < 1.29 is 4.79 Å². The van der Waals surface area contributed by atoms with Gasteiger partial charge in [0.05, 0.1) is 34.0 Å². The number of fused-ring (bicyclic) bond motifs is 1. The Hall–Kier alpha value is -1.11. The number of nitrogens with one attached hydrogen (secondary N) is 1. The van der Waals surface area contributed by atoms with Crippen LogP contribution in [-0.4, -0.2) is 39.2 Å². The molecule has 0 aliphatic rings. The van der Waals surface area contributed by atoms with Gasteiger partial charge >= 0.3 is 0 Å². The maximum Gasteiger partial charge on any atom is 0.241 e. The number of likely N-dealkylation sites (N-methyl/N-ethyl adjacent to an activating group) is 1. The van der Waals surface area contributed by atoms with Gasteiger partial charge in [-0.3, -0.25) is 4.79 Å². The van der Waals surface area contributed by atoms with Crippen LogP contribution >= 0.6 is 34.9 Å². The first-order valence-electron chi connectivity index (χ1n) is 6.01. The monoisotopic (exact) mass is 332 g/mol. The van der Waals surface area contributed by atoms with Crippen LogP contribution in [0.3, 0.4) is 0 Å². The fourth-order valence-electron chi connectivity index (χ4n) is 1.62. The predicted molar refractivity (Wildman–Crippen MR) is 83.8 cm³/mol. The molecule has 0 spiro atoms. The van der Waals surface area contributed by atoms with E-state index in [2.05, 4.69) is 14.1 Å². The lowest BCUT2D eigenvalue weighted by molar-refractivity contribution is -0.129. The summed E-state index contributed by atoms with van der Waals surface area (Å²) in [5.41, 5.74) is 1.77. The number of benzene rings is 1. The van der Waals surface area contributed by atoms with Crippen molar-refractivity contribution in [1.29, 1.82) is 0 Å². The molecule has 0 unspecified atom stereocenters. The molecule has 1 aromatic carbocycles. The van der Waals surface area contributed by atoms with Gasteiger partial charge in [0.2, 0.25) is 5.91 Å². The summed E-state index contributed by atoms with van der Waals surface area (Å²) in [7, 11) is 1.76. The fourth-order valence-corrected chi connectivity index (χ4v) is 2.80. The van der Waals surface area contributed by atoms with Gasteiger partial charge in [0.15, 0.2) is 0 Å². The van der Waals surface area contributed by atoms with E-state index in [-0.39, 0.29) is 18.5 Å². The lowest BCUT2D eigenvalue weighted by Crippen LogP contribution is -2.37. The standard InChI is InChI=1S/C12H14Cl2N4OS/c1-6(2)18(3)9(19)5-15-10-7(13)4-8(14)11-12(10)17-20-16-11/h4,6,15H,5H2,1-3H3. The highest BCUT2D eigenvalue weighted by molar-refractivity contribution is 7.00. The summed E-state index contributed by atoms with van der Waals surface area (Å²) in [4.78, 5) is 13.6. The molecule has 1 N–H and O–H groups in total. The molecule has 0 aliphatic heterocycles. The first-order valence-corrected chi connectivity index (χ1v) is 7.50. The Morgan fingerprint density at radius 3 is 2.65 bits per heavy atom. The average Bonchev–Trinajstić information content (AvgIpc) is 2.86. The van der Waals surface area contributed by atoms with E-state index in [1.807, 2.05) is 13.8 Å². The minimum Gasteiger partial charge on any atom is -0.373 e. The van der Waals surface area contributed by atoms with Gasteiger partial charge in [-0.15, -0.1) is 0 Å². The second-order valence-electron chi connectivity index (χ2n) is 4.63. The van der Waals surface area contributed by atoms with E-state index in [9.17, 15) is 4.79 Å². The number of anilines is 1. The number of nitrogens with zero attached hydrogens (tertiary/aromatic N) is 3. The third-order valence-electron chi connectivity index (χ3n) is 3.03. The van der Waals surface area contributed by atoms with Gasteiger partial charge in [0.1, 0.15) is 11.0 Å².